The lowest BCUT2D eigenvalue weighted by atomic mass is 10.2. The van der Waals surface area contributed by atoms with E-state index in [1.54, 1.807) is 4.74 Å². The highest BCUT2D eigenvalue weighted by molar-refractivity contribution is 5.82. The molecule has 0 aromatic heterocycles. The summed E-state index contributed by atoms with van der Waals surface area (Å²) in [5, 5.41) is 0. The normalized spacial score (nSPS) is 19.2. The molecule has 0 aromatic rings. The maximum absolute atomic E-state index is 13.6. The number of halogens is 17. The number of alkyl halides is 17. The molecular weight excluding hydrogens is 493 g/mol. The zero-order valence-electron chi connectivity index (χ0n) is 12.7. The van der Waals surface area contributed by atoms with Gasteiger partial charge in [-0.15, -0.1) is 0 Å². The molecule has 0 saturated heterocycles. The van der Waals surface area contributed by atoms with Crippen LogP contribution in [0.3, 0.4) is 0 Å². The number of ether oxygens (including phenoxy) is 2. The van der Waals surface area contributed by atoms with Gasteiger partial charge < -0.3 is 5.73 Å². The maximum atomic E-state index is 13.6. The zero-order chi connectivity index (χ0) is 25.0. The number of carbonyl (C=O) groups excluding carboxylic acids is 1. The first-order chi connectivity index (χ1) is 12.6. The number of hydrogen-bond donors (Lipinski definition) is 1. The highest BCUT2D eigenvalue weighted by Gasteiger charge is 2.85. The van der Waals surface area contributed by atoms with E-state index in [-0.39, 0.29) is 0 Å². The van der Waals surface area contributed by atoms with Crippen LogP contribution in [-0.2, 0) is 14.3 Å². The van der Waals surface area contributed by atoms with E-state index in [0.29, 0.717) is 0 Å². The number of hydrogen-bond acceptors (Lipinski definition) is 3. The van der Waals surface area contributed by atoms with Crippen LogP contribution in [-0.4, -0.2) is 54.3 Å². The van der Waals surface area contributed by atoms with Gasteiger partial charge in [0.15, 0.2) is 0 Å². The fourth-order valence-corrected chi connectivity index (χ4v) is 1.18. The average molecular weight is 495 g/mol. The maximum Gasteiger partial charge on any atom is 0.462 e. The lowest BCUT2D eigenvalue weighted by Crippen LogP contribution is -2.68. The van der Waals surface area contributed by atoms with Gasteiger partial charge in [0.05, 0.1) is 0 Å². The summed E-state index contributed by atoms with van der Waals surface area (Å²) in [6.45, 7) is 0. The first-order valence-corrected chi connectivity index (χ1v) is 6.02. The summed E-state index contributed by atoms with van der Waals surface area (Å²) < 4.78 is 217. The van der Waals surface area contributed by atoms with Gasteiger partial charge in [0.2, 0.25) is 0 Å². The summed E-state index contributed by atoms with van der Waals surface area (Å²) in [6, 6.07) is 0. The molecule has 0 spiro atoms. The van der Waals surface area contributed by atoms with Gasteiger partial charge in [0.1, 0.15) is 0 Å². The van der Waals surface area contributed by atoms with E-state index in [9.17, 15) is 79.4 Å². The van der Waals surface area contributed by atoms with Gasteiger partial charge >= 0.3 is 48.4 Å². The third-order valence-electron chi connectivity index (χ3n) is 2.68. The quantitative estimate of drug-likeness (QED) is 0.535. The van der Waals surface area contributed by atoms with Gasteiger partial charge in [-0.05, 0) is 0 Å². The second-order valence-corrected chi connectivity index (χ2v) is 4.86. The summed E-state index contributed by atoms with van der Waals surface area (Å²) in [5.41, 5.74) is 3.62. The third kappa shape index (κ3) is 4.44. The van der Waals surface area contributed by atoms with Crippen LogP contribution in [0.25, 0.3) is 0 Å². The Hall–Kier alpha value is -1.80. The Balaban J connectivity index is 6.63. The smallest absolute Gasteiger partial charge is 0.364 e. The first kappa shape index (κ1) is 28.2. The van der Waals surface area contributed by atoms with Crippen molar-refractivity contribution in [3.8, 4) is 0 Å². The van der Waals surface area contributed by atoms with Crippen molar-refractivity contribution in [2.45, 2.75) is 48.4 Å². The molecule has 0 fully saturated rings. The number of amides is 1. The van der Waals surface area contributed by atoms with Crippen molar-refractivity contribution in [1.82, 2.24) is 0 Å². The minimum atomic E-state index is -8.03. The summed E-state index contributed by atoms with van der Waals surface area (Å²) in [5.74, 6) is -26.5. The van der Waals surface area contributed by atoms with Crippen molar-refractivity contribution in [2.24, 2.45) is 5.73 Å². The minimum absolute atomic E-state index is 1.23. The molecule has 0 aliphatic carbocycles. The Morgan fingerprint density at radius 2 is 0.900 bits per heavy atom. The van der Waals surface area contributed by atoms with Crippen LogP contribution in [0.4, 0.5) is 74.6 Å². The second-order valence-electron chi connectivity index (χ2n) is 4.86. The standard InChI is InChI=1S/C9H2F17NO3/c10-2(1(27)28,5(14,15)16)29-9(25,26)4(13,7(20,21)22)30-8(23,24)3(11,12)6(17,18)19/h(H2,27,28). The van der Waals surface area contributed by atoms with Gasteiger partial charge in [-0.2, -0.15) is 74.6 Å². The lowest BCUT2D eigenvalue weighted by molar-refractivity contribution is -0.548. The van der Waals surface area contributed by atoms with E-state index in [0.717, 1.165) is 0 Å². The van der Waals surface area contributed by atoms with E-state index in [2.05, 4.69) is 5.73 Å². The van der Waals surface area contributed by atoms with Crippen molar-refractivity contribution in [3.63, 3.8) is 0 Å². The molecule has 21 heteroatoms. The van der Waals surface area contributed by atoms with E-state index < -0.39 is 54.3 Å². The van der Waals surface area contributed by atoms with Crippen molar-refractivity contribution < 1.29 is 88.9 Å². The molecule has 2 atom stereocenters. The van der Waals surface area contributed by atoms with Crippen LogP contribution in [0.2, 0.25) is 0 Å². The third-order valence-corrected chi connectivity index (χ3v) is 2.68. The monoisotopic (exact) mass is 495 g/mol. The molecule has 2 unspecified atom stereocenters. The summed E-state index contributed by atoms with van der Waals surface area (Å²) >= 11 is 0. The van der Waals surface area contributed by atoms with Crippen LogP contribution in [0.15, 0.2) is 0 Å². The van der Waals surface area contributed by atoms with Crippen LogP contribution in [0, 0.1) is 0 Å². The highest BCUT2D eigenvalue weighted by Crippen LogP contribution is 2.56. The predicted octanol–water partition coefficient (Wildman–Crippen LogP) is 4.34. The predicted molar refractivity (Wildman–Crippen MR) is 52.0 cm³/mol. The molecule has 0 heterocycles. The van der Waals surface area contributed by atoms with Gasteiger partial charge in [0.25, 0.3) is 5.91 Å². The summed E-state index contributed by atoms with van der Waals surface area (Å²) in [4.78, 5) is 10.3. The second kappa shape index (κ2) is 7.12. The molecular formula is C9H2F17NO3. The number of primary amides is 1. The fraction of sp³-hybridized carbons (Fsp3) is 0.889. The molecule has 0 aliphatic rings. The van der Waals surface area contributed by atoms with Gasteiger partial charge in [-0.25, -0.2) is 0 Å². The van der Waals surface area contributed by atoms with E-state index in [1.165, 1.54) is 4.74 Å². The Morgan fingerprint density at radius 1 is 0.533 bits per heavy atom. The topological polar surface area (TPSA) is 61.6 Å². The number of rotatable bonds is 7. The summed E-state index contributed by atoms with van der Waals surface area (Å²) in [7, 11) is 0. The fourth-order valence-electron chi connectivity index (χ4n) is 1.18. The van der Waals surface area contributed by atoms with Crippen molar-refractivity contribution in [3.05, 3.63) is 0 Å². The van der Waals surface area contributed by atoms with E-state index >= 15 is 0 Å². The molecule has 30 heavy (non-hydrogen) atoms. The minimum Gasteiger partial charge on any atom is -0.364 e. The van der Waals surface area contributed by atoms with Crippen LogP contribution in [0.5, 0.6) is 0 Å². The number of nitrogens with two attached hydrogens (primary N) is 1. The van der Waals surface area contributed by atoms with Crippen molar-refractivity contribution in [1.29, 1.82) is 0 Å². The molecule has 1 amide bonds. The van der Waals surface area contributed by atoms with Crippen LogP contribution in [0.1, 0.15) is 0 Å². The Morgan fingerprint density at radius 3 is 1.13 bits per heavy atom. The molecule has 0 saturated carbocycles. The highest BCUT2D eigenvalue weighted by atomic mass is 19.4. The lowest BCUT2D eigenvalue weighted by Gasteiger charge is -2.39. The van der Waals surface area contributed by atoms with Crippen molar-refractivity contribution in [2.75, 3.05) is 0 Å². The Kier molecular flexibility index (Phi) is 6.70. The van der Waals surface area contributed by atoms with E-state index in [1.807, 2.05) is 0 Å². The SMILES string of the molecule is NC(=O)C(F)(OC(F)(F)C(F)(OC(F)(F)C(F)(F)C(F)(F)F)C(F)(F)F)C(F)(F)F. The van der Waals surface area contributed by atoms with Crippen LogP contribution >= 0.6 is 0 Å². The van der Waals surface area contributed by atoms with E-state index in [4.69, 9.17) is 0 Å². The molecule has 4 nitrogen and oxygen atoms in total. The number of carbonyl (C=O) groups is 1. The molecule has 0 bridgehead atoms. The van der Waals surface area contributed by atoms with Gasteiger partial charge in [-0.3, -0.25) is 14.3 Å². The van der Waals surface area contributed by atoms with Gasteiger partial charge in [0, 0.05) is 0 Å². The molecule has 180 valence electrons. The molecule has 0 aliphatic heterocycles. The molecule has 0 aromatic carbocycles. The Bertz CT molecular complexity index is 650. The Labute approximate surface area is 150 Å². The first-order valence-electron chi connectivity index (χ1n) is 6.02. The van der Waals surface area contributed by atoms with Crippen LogP contribution < -0.4 is 5.73 Å². The molecule has 2 N–H and O–H groups in total. The van der Waals surface area contributed by atoms with Crippen molar-refractivity contribution >= 4 is 5.91 Å². The largest absolute Gasteiger partial charge is 0.462 e. The molecule has 0 rings (SSSR count). The van der Waals surface area contributed by atoms with Gasteiger partial charge in [-0.1, -0.05) is 0 Å². The average Bonchev–Trinajstić information content (AvgIpc) is 2.41. The molecule has 0 radical (unpaired) electrons. The zero-order valence-corrected chi connectivity index (χ0v) is 12.7. The summed E-state index contributed by atoms with van der Waals surface area (Å²) in [6.07, 6.45) is -38.5.